The molecule has 0 fully saturated rings. The number of nitrogens with zero attached hydrogens (tertiary/aromatic N) is 1. The van der Waals surface area contributed by atoms with Crippen molar-refractivity contribution in [1.82, 2.24) is 4.90 Å². The van der Waals surface area contributed by atoms with E-state index in [1.54, 1.807) is 18.7 Å². The molecule has 1 radical (unpaired) electrons. The van der Waals surface area contributed by atoms with Crippen molar-refractivity contribution in [1.29, 1.82) is 0 Å². The van der Waals surface area contributed by atoms with Crippen molar-refractivity contribution in [2.75, 3.05) is 13.1 Å². The second-order valence-corrected chi connectivity index (χ2v) is 2.45. The van der Waals surface area contributed by atoms with Crippen molar-refractivity contribution in [3.63, 3.8) is 0 Å². The number of hydrogen-bond acceptors (Lipinski definition) is 2. The lowest BCUT2D eigenvalue weighted by molar-refractivity contribution is 0.115. The molecule has 0 aliphatic carbocycles. The Kier molecular flexibility index (Phi) is 4.66. The van der Waals surface area contributed by atoms with Gasteiger partial charge in [0, 0.05) is 13.1 Å². The average Bonchev–Trinajstić information content (AvgIpc) is 1.88. The van der Waals surface area contributed by atoms with Crippen LogP contribution in [-0.2, 0) is 4.74 Å². The second-order valence-electron chi connectivity index (χ2n) is 2.45. The van der Waals surface area contributed by atoms with Crippen LogP contribution in [0.25, 0.3) is 0 Å². The lowest BCUT2D eigenvalue weighted by Crippen LogP contribution is -2.31. The fraction of sp³-hybridized carbons (Fsp3) is 0.750. The number of ether oxygens (including phenoxy) is 1. The van der Waals surface area contributed by atoms with Crippen molar-refractivity contribution in [2.45, 2.75) is 27.7 Å². The summed E-state index contributed by atoms with van der Waals surface area (Å²) in [5, 5.41) is 0. The Hall–Kier alpha value is -0.730. The van der Waals surface area contributed by atoms with E-state index in [1.165, 1.54) is 0 Å². The van der Waals surface area contributed by atoms with E-state index in [9.17, 15) is 4.79 Å². The van der Waals surface area contributed by atoms with Crippen LogP contribution in [0.4, 0.5) is 4.79 Å². The third kappa shape index (κ3) is 3.86. The first kappa shape index (κ1) is 10.3. The average molecular weight is 158 g/mol. The predicted molar refractivity (Wildman–Crippen MR) is 44.0 cm³/mol. The second kappa shape index (κ2) is 4.99. The maximum atomic E-state index is 11.1. The Balaban J connectivity index is 3.79. The summed E-state index contributed by atoms with van der Waals surface area (Å²) in [7, 11) is 0. The standard InChI is InChI=1S/C8H16NO2/c1-5-9(6-2)8(10)11-7(3)4/h5-6H2,1-4H3. The third-order valence-corrected chi connectivity index (χ3v) is 1.31. The van der Waals surface area contributed by atoms with Gasteiger partial charge in [0.1, 0.15) is 6.10 Å². The largest absolute Gasteiger partial charge is 0.439 e. The molecule has 0 aromatic heterocycles. The van der Waals surface area contributed by atoms with E-state index in [0.29, 0.717) is 19.2 Å². The molecule has 0 saturated carbocycles. The normalized spacial score (nSPS) is 9.91. The number of rotatable bonds is 3. The summed E-state index contributed by atoms with van der Waals surface area (Å²) in [4.78, 5) is 12.7. The molecule has 0 unspecified atom stereocenters. The molecular weight excluding hydrogens is 142 g/mol. The topological polar surface area (TPSA) is 29.5 Å². The van der Waals surface area contributed by atoms with Crippen molar-refractivity contribution >= 4 is 6.09 Å². The van der Waals surface area contributed by atoms with Crippen LogP contribution in [-0.4, -0.2) is 24.1 Å². The number of hydrogen-bond donors (Lipinski definition) is 0. The van der Waals surface area contributed by atoms with E-state index in [1.807, 2.05) is 13.8 Å². The van der Waals surface area contributed by atoms with Crippen molar-refractivity contribution in [3.05, 3.63) is 6.10 Å². The van der Waals surface area contributed by atoms with Gasteiger partial charge in [-0.05, 0) is 27.7 Å². The molecule has 1 amide bonds. The zero-order valence-corrected chi connectivity index (χ0v) is 7.68. The van der Waals surface area contributed by atoms with E-state index < -0.39 is 0 Å². The lowest BCUT2D eigenvalue weighted by Gasteiger charge is -2.18. The number of carbonyl (C=O) groups excluding carboxylic acids is 1. The van der Waals surface area contributed by atoms with E-state index in [0.717, 1.165) is 0 Å². The van der Waals surface area contributed by atoms with Gasteiger partial charge in [-0.2, -0.15) is 0 Å². The van der Waals surface area contributed by atoms with E-state index in [4.69, 9.17) is 4.74 Å². The van der Waals surface area contributed by atoms with Gasteiger partial charge in [0.15, 0.2) is 0 Å². The first-order valence-electron chi connectivity index (χ1n) is 3.88. The molecule has 3 nitrogen and oxygen atoms in total. The van der Waals surface area contributed by atoms with Gasteiger partial charge in [0.05, 0.1) is 0 Å². The highest BCUT2D eigenvalue weighted by molar-refractivity contribution is 5.68. The third-order valence-electron chi connectivity index (χ3n) is 1.31. The molecule has 0 aliphatic heterocycles. The zero-order valence-electron chi connectivity index (χ0n) is 7.68. The van der Waals surface area contributed by atoms with E-state index in [2.05, 4.69) is 0 Å². The molecule has 0 rings (SSSR count). The summed E-state index contributed by atoms with van der Waals surface area (Å²) in [6.07, 6.45) is 0.428. The quantitative estimate of drug-likeness (QED) is 0.629. The Morgan fingerprint density at radius 1 is 1.27 bits per heavy atom. The predicted octanol–water partition coefficient (Wildman–Crippen LogP) is 2.04. The number of amides is 1. The van der Waals surface area contributed by atoms with Gasteiger partial charge in [-0.15, -0.1) is 0 Å². The zero-order chi connectivity index (χ0) is 8.85. The molecule has 0 N–H and O–H groups in total. The highest BCUT2D eigenvalue weighted by atomic mass is 16.6. The molecule has 3 heteroatoms. The van der Waals surface area contributed by atoms with Crippen LogP contribution in [0.2, 0.25) is 0 Å². The summed E-state index contributed by atoms with van der Waals surface area (Å²) >= 11 is 0. The van der Waals surface area contributed by atoms with Gasteiger partial charge < -0.3 is 9.64 Å². The van der Waals surface area contributed by atoms with Crippen LogP contribution in [0.5, 0.6) is 0 Å². The van der Waals surface area contributed by atoms with Crippen molar-refractivity contribution in [2.24, 2.45) is 0 Å². The minimum absolute atomic E-state index is 0.255. The molecular formula is C8H16NO2. The molecule has 0 aromatic rings. The van der Waals surface area contributed by atoms with E-state index >= 15 is 0 Å². The summed E-state index contributed by atoms with van der Waals surface area (Å²) in [5.41, 5.74) is 0. The molecule has 0 spiro atoms. The Morgan fingerprint density at radius 2 is 1.73 bits per heavy atom. The smallest absolute Gasteiger partial charge is 0.410 e. The minimum Gasteiger partial charge on any atom is -0.439 e. The molecule has 11 heavy (non-hydrogen) atoms. The number of carbonyl (C=O) groups is 1. The summed E-state index contributed by atoms with van der Waals surface area (Å²) in [5.74, 6) is 0. The molecule has 0 aliphatic rings. The van der Waals surface area contributed by atoms with E-state index in [-0.39, 0.29) is 6.09 Å². The monoisotopic (exact) mass is 158 g/mol. The fourth-order valence-electron chi connectivity index (χ4n) is 0.721. The van der Waals surface area contributed by atoms with Crippen LogP contribution < -0.4 is 0 Å². The summed E-state index contributed by atoms with van der Waals surface area (Å²) in [6, 6.07) is 0. The van der Waals surface area contributed by atoms with Gasteiger partial charge in [-0.25, -0.2) is 4.79 Å². The van der Waals surface area contributed by atoms with Crippen LogP contribution in [0.1, 0.15) is 27.7 Å². The molecule has 0 aromatic carbocycles. The van der Waals surface area contributed by atoms with Crippen LogP contribution in [0.3, 0.4) is 0 Å². The minimum atomic E-state index is -0.255. The van der Waals surface area contributed by atoms with Gasteiger partial charge in [-0.1, -0.05) is 0 Å². The fourth-order valence-corrected chi connectivity index (χ4v) is 0.721. The first-order chi connectivity index (χ1) is 5.11. The van der Waals surface area contributed by atoms with Gasteiger partial charge in [-0.3, -0.25) is 0 Å². The molecule has 0 heterocycles. The maximum Gasteiger partial charge on any atom is 0.410 e. The Bertz CT molecular complexity index is 119. The summed E-state index contributed by atoms with van der Waals surface area (Å²) < 4.78 is 4.90. The van der Waals surface area contributed by atoms with Gasteiger partial charge >= 0.3 is 6.09 Å². The van der Waals surface area contributed by atoms with Crippen LogP contribution >= 0.6 is 0 Å². The lowest BCUT2D eigenvalue weighted by atomic mass is 10.5. The summed E-state index contributed by atoms with van der Waals surface area (Å²) in [6.45, 7) is 8.78. The molecule has 0 saturated heterocycles. The van der Waals surface area contributed by atoms with Gasteiger partial charge in [0.2, 0.25) is 0 Å². The molecule has 0 atom stereocenters. The highest BCUT2D eigenvalue weighted by Gasteiger charge is 2.11. The van der Waals surface area contributed by atoms with Crippen LogP contribution in [0.15, 0.2) is 0 Å². The van der Waals surface area contributed by atoms with Gasteiger partial charge in [0.25, 0.3) is 0 Å². The molecule has 0 bridgehead atoms. The maximum absolute atomic E-state index is 11.1. The first-order valence-corrected chi connectivity index (χ1v) is 3.88. The van der Waals surface area contributed by atoms with Crippen molar-refractivity contribution < 1.29 is 9.53 Å². The highest BCUT2D eigenvalue weighted by Crippen LogP contribution is 2.02. The van der Waals surface area contributed by atoms with Crippen molar-refractivity contribution in [3.8, 4) is 0 Å². The Labute approximate surface area is 68.3 Å². The Morgan fingerprint density at radius 3 is 2.00 bits per heavy atom. The van der Waals surface area contributed by atoms with Crippen LogP contribution in [0, 0.1) is 6.10 Å². The SMILES string of the molecule is CCN(CC)C(=O)O[C](C)C. The molecule has 65 valence electrons.